The zero-order chi connectivity index (χ0) is 46.6. The molecule has 3 aliphatic rings. The largest absolute Gasteiger partial charge is 0.459 e. The summed E-state index contributed by atoms with van der Waals surface area (Å²) < 4.78 is 39.3. The van der Waals surface area contributed by atoms with E-state index >= 15 is 0 Å². The van der Waals surface area contributed by atoms with E-state index in [1.807, 2.05) is 37.7 Å². The Labute approximate surface area is 366 Å². The lowest BCUT2D eigenvalue weighted by molar-refractivity contribution is -0.318. The van der Waals surface area contributed by atoms with Crippen molar-refractivity contribution in [2.45, 2.75) is 198 Å². The van der Waals surface area contributed by atoms with Gasteiger partial charge in [0.2, 0.25) is 0 Å². The summed E-state index contributed by atoms with van der Waals surface area (Å²) in [6.45, 7) is 18.2. The molecule has 18 atom stereocenters. The van der Waals surface area contributed by atoms with Crippen LogP contribution in [0.4, 0.5) is 0 Å². The Morgan fingerprint density at radius 3 is 2.19 bits per heavy atom. The number of carbonyl (C=O) groups is 1. The van der Waals surface area contributed by atoms with Crippen LogP contribution >= 0.6 is 0 Å². The number of esters is 1. The number of hydrogen-bond acceptors (Lipinski definition) is 16. The summed E-state index contributed by atoms with van der Waals surface area (Å²) >= 11 is 0. The van der Waals surface area contributed by atoms with Crippen LogP contribution in [0.25, 0.3) is 0 Å². The highest BCUT2D eigenvalue weighted by Gasteiger charge is 2.53. The zero-order valence-corrected chi connectivity index (χ0v) is 39.2. The van der Waals surface area contributed by atoms with Crippen molar-refractivity contribution < 1.29 is 58.7 Å². The number of ether oxygens (including phenoxy) is 6. The number of aromatic amines is 1. The minimum absolute atomic E-state index is 0.0917. The molecule has 1 aromatic heterocycles. The first-order valence-corrected chi connectivity index (χ1v) is 22.3. The van der Waals surface area contributed by atoms with E-state index in [1.165, 1.54) is 30.9 Å². The van der Waals surface area contributed by atoms with Gasteiger partial charge in [-0.1, -0.05) is 20.8 Å². The van der Waals surface area contributed by atoms with Crippen LogP contribution in [-0.4, -0.2) is 175 Å². The van der Waals surface area contributed by atoms with E-state index in [1.54, 1.807) is 48.5 Å². The fraction of sp³-hybridized carbons (Fsp3) is 0.886. The molecular weight excluding hydrogens is 808 g/mol. The maximum Gasteiger partial charge on any atom is 0.328 e. The summed E-state index contributed by atoms with van der Waals surface area (Å²) in [5.41, 5.74) is -5.73. The number of H-pyrrole nitrogens is 1. The summed E-state index contributed by atoms with van der Waals surface area (Å²) in [7, 11) is 5.22. The number of carbonyl (C=O) groups excluding carboxylic acids is 1. The minimum atomic E-state index is -1.94. The van der Waals surface area contributed by atoms with Crippen molar-refractivity contribution in [1.29, 1.82) is 0 Å². The molecule has 3 aliphatic heterocycles. The van der Waals surface area contributed by atoms with E-state index < -0.39 is 107 Å². The zero-order valence-electron chi connectivity index (χ0n) is 39.2. The fourth-order valence-corrected chi connectivity index (χ4v) is 9.96. The quantitative estimate of drug-likeness (QED) is 0.172. The molecule has 1 unspecified atom stereocenters. The molecule has 358 valence electrons. The molecule has 0 radical (unpaired) electrons. The first kappa shape index (κ1) is 52.3. The lowest BCUT2D eigenvalue weighted by Gasteiger charge is -2.48. The van der Waals surface area contributed by atoms with Crippen molar-refractivity contribution in [3.63, 3.8) is 0 Å². The van der Waals surface area contributed by atoms with Gasteiger partial charge in [0.25, 0.3) is 5.56 Å². The number of nitrogens with zero attached hydrogens (tertiary/aromatic N) is 3. The molecule has 0 bridgehead atoms. The number of hydrogen-bond donors (Lipinski definition) is 6. The minimum Gasteiger partial charge on any atom is -0.459 e. The SMILES string of the molecule is CCC1OC(=O)[C@H](C)[C@@H](O[C@H]2C[C@@](C)(OC)[C@@H](O)[C@H](C)O2)[C@H](C)[C@@H](O[C@@H]2O[C@H](C)C[C@H](N(C)C)[C@H]2O)[C@](C)(O)C[C@@H](C)CN(CCCn2ccc(=O)[nH]c2=O)[C@H](C)[C@@H](O)[C@]1(C)O. The van der Waals surface area contributed by atoms with Crippen LogP contribution in [0.1, 0.15) is 101 Å². The van der Waals surface area contributed by atoms with Gasteiger partial charge in [-0.3, -0.25) is 19.5 Å². The number of nitrogens with one attached hydrogen (secondary N) is 1. The van der Waals surface area contributed by atoms with Crippen molar-refractivity contribution in [1.82, 2.24) is 19.4 Å². The van der Waals surface area contributed by atoms with Crippen molar-refractivity contribution in [3.05, 3.63) is 33.1 Å². The van der Waals surface area contributed by atoms with E-state index in [9.17, 15) is 39.9 Å². The standard InChI is InChI=1S/C44H78N4O14/c1-14-31-44(10,56)36(51)28(6)48(18-15-17-47-19-16-32(49)45-41(47)54)23-24(2)21-42(8,55)38(62-40-34(50)30(46(11)12)20-25(3)58-40)26(4)35(27(5)39(53)60-31)61-33-22-43(9,57-13)37(52)29(7)59-33/h16,19,24-31,33-38,40,50-52,55-56H,14-15,17-18,20-23H2,1-13H3,(H,45,49,54)/t24-,25-,26+,27-,28-,29+,30+,31?,33+,34-,35+,36-,37+,38-,40+,42-,43-,44-/m1/s1. The number of cyclic esters (lactones) is 1. The van der Waals surface area contributed by atoms with Crippen LogP contribution in [-0.2, 0) is 39.8 Å². The molecule has 6 N–H and O–H groups in total. The van der Waals surface area contributed by atoms with Crippen LogP contribution in [0.2, 0.25) is 0 Å². The van der Waals surface area contributed by atoms with Crippen LogP contribution in [0, 0.1) is 17.8 Å². The molecule has 0 aromatic carbocycles. The molecule has 3 saturated heterocycles. The van der Waals surface area contributed by atoms with Gasteiger partial charge >= 0.3 is 11.7 Å². The second-order valence-corrected chi connectivity index (χ2v) is 19.4. The summed E-state index contributed by atoms with van der Waals surface area (Å²) in [6, 6.07) is 0.228. The van der Waals surface area contributed by atoms with Crippen LogP contribution in [0.5, 0.6) is 0 Å². The number of aryl methyl sites for hydroxylation is 1. The maximum absolute atomic E-state index is 14.5. The highest BCUT2D eigenvalue weighted by Crippen LogP contribution is 2.40. The van der Waals surface area contributed by atoms with E-state index in [0.29, 0.717) is 25.9 Å². The van der Waals surface area contributed by atoms with Crippen molar-refractivity contribution >= 4 is 5.97 Å². The average Bonchev–Trinajstić information content (AvgIpc) is 3.19. The number of aromatic nitrogens is 2. The highest BCUT2D eigenvalue weighted by atomic mass is 16.7. The van der Waals surface area contributed by atoms with Gasteiger partial charge in [-0.25, -0.2) is 4.79 Å². The summed E-state index contributed by atoms with van der Waals surface area (Å²) in [5.74, 6) is -2.94. The van der Waals surface area contributed by atoms with Crippen molar-refractivity contribution in [3.8, 4) is 0 Å². The Morgan fingerprint density at radius 1 is 0.935 bits per heavy atom. The molecule has 0 aliphatic carbocycles. The summed E-state index contributed by atoms with van der Waals surface area (Å²) in [6.07, 6.45) is -7.36. The van der Waals surface area contributed by atoms with Gasteiger partial charge in [-0.15, -0.1) is 0 Å². The average molecular weight is 887 g/mol. The third-order valence-electron chi connectivity index (χ3n) is 13.8. The molecule has 18 heteroatoms. The third-order valence-corrected chi connectivity index (χ3v) is 13.8. The third kappa shape index (κ3) is 12.1. The lowest BCUT2D eigenvalue weighted by atomic mass is 9.77. The molecular formula is C44H78N4O14. The maximum atomic E-state index is 14.5. The molecule has 18 nitrogen and oxygen atoms in total. The molecule has 4 rings (SSSR count). The first-order valence-electron chi connectivity index (χ1n) is 22.3. The second kappa shape index (κ2) is 21.3. The Kier molecular flexibility index (Phi) is 18.0. The van der Waals surface area contributed by atoms with Crippen molar-refractivity contribution in [2.24, 2.45) is 17.8 Å². The topological polar surface area (TPSA) is 235 Å². The summed E-state index contributed by atoms with van der Waals surface area (Å²) in [5, 5.41) is 59.6. The van der Waals surface area contributed by atoms with E-state index in [0.717, 1.165) is 0 Å². The molecule has 1 aromatic rings. The first-order chi connectivity index (χ1) is 28.8. The molecule has 62 heavy (non-hydrogen) atoms. The number of aliphatic hydroxyl groups is 5. The van der Waals surface area contributed by atoms with Gasteiger partial charge in [0.1, 0.15) is 30.0 Å². The molecule has 3 fully saturated rings. The van der Waals surface area contributed by atoms with Crippen LogP contribution in [0.3, 0.4) is 0 Å². The van der Waals surface area contributed by atoms with Gasteiger partial charge < -0.3 is 63.4 Å². The van der Waals surface area contributed by atoms with Crippen LogP contribution < -0.4 is 11.2 Å². The Morgan fingerprint density at radius 2 is 1.60 bits per heavy atom. The van der Waals surface area contributed by atoms with Gasteiger partial charge in [0, 0.05) is 63.4 Å². The Bertz CT molecular complexity index is 1710. The van der Waals surface area contributed by atoms with Crippen LogP contribution in [0.15, 0.2) is 21.9 Å². The molecule has 0 spiro atoms. The predicted molar refractivity (Wildman–Crippen MR) is 229 cm³/mol. The Hall–Kier alpha value is -2.33. The molecule has 4 heterocycles. The number of methoxy groups -OCH3 is 1. The van der Waals surface area contributed by atoms with Gasteiger partial charge in [0.05, 0.1) is 41.5 Å². The van der Waals surface area contributed by atoms with Gasteiger partial charge in [-0.05, 0) is 94.2 Å². The number of rotatable bonds is 11. The fourth-order valence-electron chi connectivity index (χ4n) is 9.96. The Balaban J connectivity index is 1.82. The number of aliphatic hydroxyl groups excluding tert-OH is 3. The van der Waals surface area contributed by atoms with Gasteiger partial charge in [-0.2, -0.15) is 0 Å². The molecule has 0 amide bonds. The molecule has 0 saturated carbocycles. The monoisotopic (exact) mass is 887 g/mol. The smallest absolute Gasteiger partial charge is 0.328 e. The number of likely N-dealkylation sites (N-methyl/N-ethyl adjacent to an activating group) is 1. The lowest BCUT2D eigenvalue weighted by Crippen LogP contribution is -2.60. The van der Waals surface area contributed by atoms with Gasteiger partial charge in [0.15, 0.2) is 12.6 Å². The van der Waals surface area contributed by atoms with E-state index in [-0.39, 0.29) is 43.9 Å². The summed E-state index contributed by atoms with van der Waals surface area (Å²) in [4.78, 5) is 44.8. The normalized spacial score (nSPS) is 43.5. The predicted octanol–water partition coefficient (Wildman–Crippen LogP) is 1.21. The van der Waals surface area contributed by atoms with E-state index in [2.05, 4.69) is 4.98 Å². The van der Waals surface area contributed by atoms with E-state index in [4.69, 9.17) is 28.4 Å². The van der Waals surface area contributed by atoms with Crippen molar-refractivity contribution in [2.75, 3.05) is 34.3 Å². The highest BCUT2D eigenvalue weighted by molar-refractivity contribution is 5.73. The second-order valence-electron chi connectivity index (χ2n) is 19.4.